The van der Waals surface area contributed by atoms with Gasteiger partial charge in [0.25, 0.3) is 0 Å². The van der Waals surface area contributed by atoms with E-state index in [9.17, 15) is 0 Å². The average molecular weight is 293 g/mol. The van der Waals surface area contributed by atoms with Gasteiger partial charge in [0.15, 0.2) is 5.82 Å². The lowest BCUT2D eigenvalue weighted by molar-refractivity contribution is 0.258. The summed E-state index contributed by atoms with van der Waals surface area (Å²) in [6, 6.07) is 0. The Kier molecular flexibility index (Phi) is 5.80. The standard InChI is InChI=1S/C17H31N3O/c1-4-7-8-13-9-11-14(12-10-13)15-19-16(20-21-15)17(18,5-2)6-3/h13-14H,4-12,18H2,1-3H3. The summed E-state index contributed by atoms with van der Waals surface area (Å²) < 4.78 is 5.53. The molecule has 1 heterocycles. The SMILES string of the molecule is CCCCC1CCC(c2nc(C(N)(CC)CC)no2)CC1. The first-order chi connectivity index (χ1) is 10.1. The van der Waals surface area contributed by atoms with Crippen LogP contribution >= 0.6 is 0 Å². The second kappa shape index (κ2) is 7.39. The number of rotatable bonds is 7. The van der Waals surface area contributed by atoms with Crippen LogP contribution in [0.5, 0.6) is 0 Å². The topological polar surface area (TPSA) is 64.9 Å². The van der Waals surface area contributed by atoms with Gasteiger partial charge in [-0.1, -0.05) is 45.2 Å². The Morgan fingerprint density at radius 1 is 1.14 bits per heavy atom. The van der Waals surface area contributed by atoms with E-state index in [0.717, 1.165) is 24.7 Å². The van der Waals surface area contributed by atoms with Gasteiger partial charge in [-0.25, -0.2) is 0 Å². The Bertz CT molecular complexity index is 417. The van der Waals surface area contributed by atoms with Crippen molar-refractivity contribution in [3.8, 4) is 0 Å². The van der Waals surface area contributed by atoms with Crippen molar-refractivity contribution < 1.29 is 4.52 Å². The Balaban J connectivity index is 1.94. The molecule has 4 nitrogen and oxygen atoms in total. The third-order valence-electron chi connectivity index (χ3n) is 5.31. The van der Waals surface area contributed by atoms with Crippen molar-refractivity contribution in [2.24, 2.45) is 11.7 Å². The molecule has 21 heavy (non-hydrogen) atoms. The molecule has 1 fully saturated rings. The maximum Gasteiger partial charge on any atom is 0.229 e. The number of aromatic nitrogens is 2. The van der Waals surface area contributed by atoms with Crippen molar-refractivity contribution in [3.05, 3.63) is 11.7 Å². The first kappa shape index (κ1) is 16.5. The number of hydrogen-bond donors (Lipinski definition) is 1. The van der Waals surface area contributed by atoms with Gasteiger partial charge in [-0.05, 0) is 44.4 Å². The molecule has 0 bridgehead atoms. The first-order valence-corrected chi connectivity index (χ1v) is 8.75. The van der Waals surface area contributed by atoms with Crippen molar-refractivity contribution in [2.75, 3.05) is 0 Å². The summed E-state index contributed by atoms with van der Waals surface area (Å²) in [5, 5.41) is 4.16. The molecule has 0 radical (unpaired) electrons. The zero-order valence-corrected chi connectivity index (χ0v) is 13.9. The number of nitrogens with two attached hydrogens (primary N) is 1. The highest BCUT2D eigenvalue weighted by Crippen LogP contribution is 2.37. The van der Waals surface area contributed by atoms with E-state index in [1.165, 1.54) is 44.9 Å². The maximum absolute atomic E-state index is 6.35. The second-order valence-electron chi connectivity index (χ2n) is 6.68. The van der Waals surface area contributed by atoms with Gasteiger partial charge in [-0.2, -0.15) is 4.98 Å². The van der Waals surface area contributed by atoms with Gasteiger partial charge in [-0.15, -0.1) is 0 Å². The molecule has 1 aromatic rings. The van der Waals surface area contributed by atoms with Crippen LogP contribution in [0.2, 0.25) is 0 Å². The molecule has 0 amide bonds. The summed E-state index contributed by atoms with van der Waals surface area (Å²) in [7, 11) is 0. The molecule has 4 heteroatoms. The van der Waals surface area contributed by atoms with Gasteiger partial charge in [0.2, 0.25) is 5.89 Å². The van der Waals surface area contributed by atoms with Gasteiger partial charge >= 0.3 is 0 Å². The van der Waals surface area contributed by atoms with E-state index in [1.807, 2.05) is 0 Å². The van der Waals surface area contributed by atoms with Crippen LogP contribution in [0.4, 0.5) is 0 Å². The number of hydrogen-bond acceptors (Lipinski definition) is 4. The highest BCUT2D eigenvalue weighted by molar-refractivity contribution is 5.05. The minimum Gasteiger partial charge on any atom is -0.339 e. The summed E-state index contributed by atoms with van der Waals surface area (Å²) in [6.07, 6.45) is 10.7. The smallest absolute Gasteiger partial charge is 0.229 e. The molecule has 1 saturated carbocycles. The lowest BCUT2D eigenvalue weighted by Gasteiger charge is -2.26. The van der Waals surface area contributed by atoms with Gasteiger partial charge < -0.3 is 10.3 Å². The van der Waals surface area contributed by atoms with Crippen LogP contribution in [0.15, 0.2) is 4.52 Å². The molecular weight excluding hydrogens is 262 g/mol. The zero-order chi connectivity index (χ0) is 15.3. The van der Waals surface area contributed by atoms with E-state index < -0.39 is 5.54 Å². The van der Waals surface area contributed by atoms with Crippen LogP contribution in [0.3, 0.4) is 0 Å². The van der Waals surface area contributed by atoms with E-state index in [1.54, 1.807) is 0 Å². The van der Waals surface area contributed by atoms with Gasteiger partial charge in [0, 0.05) is 5.92 Å². The van der Waals surface area contributed by atoms with Crippen molar-refractivity contribution in [1.29, 1.82) is 0 Å². The molecule has 0 aliphatic heterocycles. The van der Waals surface area contributed by atoms with E-state index in [4.69, 9.17) is 10.3 Å². The summed E-state index contributed by atoms with van der Waals surface area (Å²) >= 11 is 0. The lowest BCUT2D eigenvalue weighted by atomic mass is 9.80. The molecule has 1 aliphatic rings. The summed E-state index contributed by atoms with van der Waals surface area (Å²) in [5.41, 5.74) is 5.92. The number of nitrogens with zero attached hydrogens (tertiary/aromatic N) is 2. The van der Waals surface area contributed by atoms with E-state index in [-0.39, 0.29) is 0 Å². The largest absolute Gasteiger partial charge is 0.339 e. The third kappa shape index (κ3) is 3.85. The van der Waals surface area contributed by atoms with E-state index in [0.29, 0.717) is 11.7 Å². The first-order valence-electron chi connectivity index (χ1n) is 8.75. The van der Waals surface area contributed by atoms with Crippen LogP contribution in [0.25, 0.3) is 0 Å². The Hall–Kier alpha value is -0.900. The molecule has 0 saturated heterocycles. The molecule has 120 valence electrons. The van der Waals surface area contributed by atoms with Gasteiger partial charge in [-0.3, -0.25) is 0 Å². The van der Waals surface area contributed by atoms with Gasteiger partial charge in [0.1, 0.15) is 0 Å². The third-order valence-corrected chi connectivity index (χ3v) is 5.31. The van der Waals surface area contributed by atoms with Crippen LogP contribution < -0.4 is 5.73 Å². The minimum atomic E-state index is -0.430. The van der Waals surface area contributed by atoms with Crippen LogP contribution in [0.1, 0.15) is 96.2 Å². The highest BCUT2D eigenvalue weighted by atomic mass is 16.5. The lowest BCUT2D eigenvalue weighted by Crippen LogP contribution is -2.36. The maximum atomic E-state index is 6.35. The fourth-order valence-electron chi connectivity index (χ4n) is 3.36. The fraction of sp³-hybridized carbons (Fsp3) is 0.882. The average Bonchev–Trinajstić information content (AvgIpc) is 3.03. The molecule has 2 rings (SSSR count). The quantitative estimate of drug-likeness (QED) is 0.803. The second-order valence-corrected chi connectivity index (χ2v) is 6.68. The van der Waals surface area contributed by atoms with E-state index >= 15 is 0 Å². The molecule has 1 aliphatic carbocycles. The summed E-state index contributed by atoms with van der Waals surface area (Å²) in [4.78, 5) is 4.63. The molecule has 1 aromatic heterocycles. The molecule has 2 N–H and O–H groups in total. The van der Waals surface area contributed by atoms with Crippen LogP contribution in [0, 0.1) is 5.92 Å². The van der Waals surface area contributed by atoms with Crippen molar-refractivity contribution in [1.82, 2.24) is 10.1 Å². The normalized spacial score (nSPS) is 23.4. The number of unbranched alkanes of at least 4 members (excludes halogenated alkanes) is 1. The van der Waals surface area contributed by atoms with Crippen molar-refractivity contribution in [3.63, 3.8) is 0 Å². The zero-order valence-electron chi connectivity index (χ0n) is 13.9. The van der Waals surface area contributed by atoms with E-state index in [2.05, 4.69) is 30.9 Å². The Labute approximate surface area is 128 Å². The highest BCUT2D eigenvalue weighted by Gasteiger charge is 2.32. The predicted molar refractivity (Wildman–Crippen MR) is 85.0 cm³/mol. The molecule has 0 spiro atoms. The van der Waals surface area contributed by atoms with Crippen LogP contribution in [-0.2, 0) is 5.54 Å². The predicted octanol–water partition coefficient (Wildman–Crippen LogP) is 4.51. The molecule has 0 unspecified atom stereocenters. The van der Waals surface area contributed by atoms with Crippen molar-refractivity contribution >= 4 is 0 Å². The Morgan fingerprint density at radius 3 is 2.38 bits per heavy atom. The minimum absolute atomic E-state index is 0.430. The van der Waals surface area contributed by atoms with Crippen LogP contribution in [-0.4, -0.2) is 10.1 Å². The summed E-state index contributed by atoms with van der Waals surface area (Å²) in [5.74, 6) is 2.86. The monoisotopic (exact) mass is 293 g/mol. The van der Waals surface area contributed by atoms with Gasteiger partial charge in [0.05, 0.1) is 5.54 Å². The summed E-state index contributed by atoms with van der Waals surface area (Å²) in [6.45, 7) is 6.43. The van der Waals surface area contributed by atoms with Crippen molar-refractivity contribution in [2.45, 2.75) is 90.0 Å². The molecule has 0 aromatic carbocycles. The molecule has 0 atom stereocenters. The fourth-order valence-corrected chi connectivity index (χ4v) is 3.36. The molecular formula is C17H31N3O. The Morgan fingerprint density at radius 2 is 1.81 bits per heavy atom.